The number of halogens is 1. The van der Waals surface area contributed by atoms with Crippen LogP contribution < -0.4 is 15.4 Å². The summed E-state index contributed by atoms with van der Waals surface area (Å²) in [6, 6.07) is 7.79. The Bertz CT molecular complexity index is 731. The first-order chi connectivity index (χ1) is 11.9. The monoisotopic (exact) mass is 493 g/mol. The Morgan fingerprint density at radius 1 is 1.35 bits per heavy atom. The van der Waals surface area contributed by atoms with Crippen molar-refractivity contribution in [2.45, 2.75) is 19.4 Å². The third-order valence-electron chi connectivity index (χ3n) is 4.16. The van der Waals surface area contributed by atoms with Crippen LogP contribution in [0.3, 0.4) is 0 Å². The molecule has 146 valence electrons. The maximum atomic E-state index is 11.5. The molecule has 0 aromatic heterocycles. The highest BCUT2D eigenvalue weighted by Crippen LogP contribution is 2.45. The number of ether oxygens (including phenoxy) is 1. The van der Waals surface area contributed by atoms with Gasteiger partial charge in [0.15, 0.2) is 5.96 Å². The number of benzene rings is 1. The molecule has 1 aromatic rings. The van der Waals surface area contributed by atoms with Gasteiger partial charge in [0.2, 0.25) is 0 Å². The Morgan fingerprint density at radius 2 is 2.04 bits per heavy atom. The highest BCUT2D eigenvalue weighted by atomic mass is 127. The van der Waals surface area contributed by atoms with E-state index in [0.717, 1.165) is 24.2 Å². The van der Waals surface area contributed by atoms with Gasteiger partial charge >= 0.3 is 0 Å². The van der Waals surface area contributed by atoms with Crippen molar-refractivity contribution in [1.82, 2.24) is 10.6 Å². The summed E-state index contributed by atoms with van der Waals surface area (Å²) in [7, 11) is -1.27. The van der Waals surface area contributed by atoms with Crippen LogP contribution in [-0.2, 0) is 16.4 Å². The minimum absolute atomic E-state index is 0. The van der Waals surface area contributed by atoms with Gasteiger partial charge in [0.25, 0.3) is 0 Å². The van der Waals surface area contributed by atoms with E-state index in [1.54, 1.807) is 13.1 Å². The molecule has 0 spiro atoms. The Labute approximate surface area is 173 Å². The average Bonchev–Trinajstić information content (AvgIpc) is 3.31. The van der Waals surface area contributed by atoms with E-state index >= 15 is 0 Å². The zero-order valence-corrected chi connectivity index (χ0v) is 18.5. The van der Waals surface area contributed by atoms with Gasteiger partial charge in [-0.15, -0.1) is 24.0 Å². The average molecular weight is 493 g/mol. The molecule has 1 fully saturated rings. The Kier molecular flexibility index (Phi) is 8.88. The van der Waals surface area contributed by atoms with Crippen molar-refractivity contribution >= 4 is 39.8 Å². The Balaban J connectivity index is 0.00000338. The molecule has 0 unspecified atom stereocenters. The van der Waals surface area contributed by atoms with E-state index in [1.165, 1.54) is 6.26 Å². The lowest BCUT2D eigenvalue weighted by Crippen LogP contribution is -2.41. The second-order valence-electron chi connectivity index (χ2n) is 6.56. The Hall–Kier alpha value is -1.29. The van der Waals surface area contributed by atoms with Gasteiger partial charge in [-0.2, -0.15) is 0 Å². The standard InChI is InChI=1S/C18H27N3O3S.HI/c1-4-11-24-16-8-6-5-7-15(16)12-20-17(19-2)21-13-18(9-10-18)14-25(3,22)23;/h4-8H,1,9-14H2,2-3H3,(H2,19,20,21);1H. The van der Waals surface area contributed by atoms with Crippen molar-refractivity contribution in [2.24, 2.45) is 10.4 Å². The number of guanidine groups is 1. The fraction of sp³-hybridized carbons (Fsp3) is 0.500. The van der Waals surface area contributed by atoms with Gasteiger partial charge < -0.3 is 15.4 Å². The van der Waals surface area contributed by atoms with Crippen molar-refractivity contribution in [1.29, 1.82) is 0 Å². The van der Waals surface area contributed by atoms with E-state index in [4.69, 9.17) is 4.74 Å². The van der Waals surface area contributed by atoms with Crippen LogP contribution in [0.5, 0.6) is 5.75 Å². The van der Waals surface area contributed by atoms with Crippen LogP contribution in [0.1, 0.15) is 18.4 Å². The van der Waals surface area contributed by atoms with Gasteiger partial charge in [0, 0.05) is 37.4 Å². The number of para-hydroxylation sites is 1. The lowest BCUT2D eigenvalue weighted by molar-refractivity contribution is 0.358. The number of sulfone groups is 1. The van der Waals surface area contributed by atoms with E-state index in [2.05, 4.69) is 22.2 Å². The molecule has 1 aliphatic rings. The van der Waals surface area contributed by atoms with Crippen LogP contribution in [-0.4, -0.2) is 46.6 Å². The molecule has 1 saturated carbocycles. The zero-order valence-electron chi connectivity index (χ0n) is 15.3. The molecule has 0 aliphatic heterocycles. The van der Waals surface area contributed by atoms with Crippen molar-refractivity contribution in [3.05, 3.63) is 42.5 Å². The molecule has 8 heteroatoms. The quantitative estimate of drug-likeness (QED) is 0.239. The fourth-order valence-electron chi connectivity index (χ4n) is 2.72. The van der Waals surface area contributed by atoms with E-state index in [0.29, 0.717) is 25.7 Å². The largest absolute Gasteiger partial charge is 0.489 e. The van der Waals surface area contributed by atoms with Gasteiger partial charge in [0.05, 0.1) is 5.75 Å². The molecule has 0 amide bonds. The Morgan fingerprint density at radius 3 is 2.62 bits per heavy atom. The van der Waals surface area contributed by atoms with Crippen molar-refractivity contribution in [2.75, 3.05) is 32.2 Å². The fourth-order valence-corrected chi connectivity index (χ4v) is 4.22. The van der Waals surface area contributed by atoms with Crippen LogP contribution in [0.15, 0.2) is 41.9 Å². The lowest BCUT2D eigenvalue weighted by Gasteiger charge is -2.18. The summed E-state index contributed by atoms with van der Waals surface area (Å²) in [5.41, 5.74) is 0.875. The van der Waals surface area contributed by atoms with Crippen LogP contribution in [0.25, 0.3) is 0 Å². The van der Waals surface area contributed by atoms with Crippen LogP contribution >= 0.6 is 24.0 Å². The third kappa shape index (κ3) is 7.53. The van der Waals surface area contributed by atoms with E-state index in [9.17, 15) is 8.42 Å². The predicted octanol–water partition coefficient (Wildman–Crippen LogP) is 2.36. The summed E-state index contributed by atoms with van der Waals surface area (Å²) < 4.78 is 28.7. The van der Waals surface area contributed by atoms with E-state index in [1.807, 2.05) is 24.3 Å². The SMILES string of the molecule is C=CCOc1ccccc1CNC(=NC)NCC1(CS(C)(=O)=O)CC1.I. The molecule has 0 saturated heterocycles. The zero-order chi connectivity index (χ0) is 18.3. The van der Waals surface area contributed by atoms with Gasteiger partial charge in [0.1, 0.15) is 22.2 Å². The van der Waals surface area contributed by atoms with Gasteiger partial charge in [-0.05, 0) is 18.9 Å². The molecule has 26 heavy (non-hydrogen) atoms. The van der Waals surface area contributed by atoms with Crippen LogP contribution in [0, 0.1) is 5.41 Å². The summed E-state index contributed by atoms with van der Waals surface area (Å²) in [4.78, 5) is 4.21. The molecular weight excluding hydrogens is 465 g/mol. The van der Waals surface area contributed by atoms with Gasteiger partial charge in [-0.3, -0.25) is 4.99 Å². The number of nitrogens with one attached hydrogen (secondary N) is 2. The molecule has 6 nitrogen and oxygen atoms in total. The lowest BCUT2D eigenvalue weighted by atomic mass is 10.1. The number of hydrogen-bond donors (Lipinski definition) is 2. The molecule has 1 aliphatic carbocycles. The first kappa shape index (κ1) is 22.8. The van der Waals surface area contributed by atoms with E-state index in [-0.39, 0.29) is 35.1 Å². The summed E-state index contributed by atoms with van der Waals surface area (Å²) >= 11 is 0. The number of aliphatic imine (C=N–C) groups is 1. The summed E-state index contributed by atoms with van der Waals surface area (Å²) in [6.45, 7) is 5.28. The van der Waals surface area contributed by atoms with E-state index < -0.39 is 9.84 Å². The molecular formula is C18H28IN3O3S. The van der Waals surface area contributed by atoms with Gasteiger partial charge in [-0.1, -0.05) is 30.9 Å². The van der Waals surface area contributed by atoms with Crippen molar-refractivity contribution in [3.8, 4) is 5.75 Å². The molecule has 2 N–H and O–H groups in total. The molecule has 2 rings (SSSR count). The molecule has 0 bridgehead atoms. The molecule has 0 atom stereocenters. The highest BCUT2D eigenvalue weighted by molar-refractivity contribution is 14.0. The summed E-state index contributed by atoms with van der Waals surface area (Å²) in [5.74, 6) is 1.68. The second-order valence-corrected chi connectivity index (χ2v) is 8.70. The number of nitrogens with zero attached hydrogens (tertiary/aromatic N) is 1. The second kappa shape index (κ2) is 10.1. The minimum Gasteiger partial charge on any atom is -0.489 e. The summed E-state index contributed by atoms with van der Waals surface area (Å²) in [6.07, 6.45) is 4.87. The third-order valence-corrected chi connectivity index (χ3v) is 5.29. The molecule has 1 aromatic carbocycles. The topological polar surface area (TPSA) is 79.8 Å². The highest BCUT2D eigenvalue weighted by Gasteiger charge is 2.45. The number of rotatable bonds is 9. The molecule has 0 radical (unpaired) electrons. The normalized spacial score (nSPS) is 15.5. The van der Waals surface area contributed by atoms with Gasteiger partial charge in [-0.25, -0.2) is 8.42 Å². The first-order valence-electron chi connectivity index (χ1n) is 8.31. The smallest absolute Gasteiger partial charge is 0.191 e. The predicted molar refractivity (Wildman–Crippen MR) is 117 cm³/mol. The van der Waals surface area contributed by atoms with Crippen LogP contribution in [0.2, 0.25) is 0 Å². The first-order valence-corrected chi connectivity index (χ1v) is 10.4. The minimum atomic E-state index is -2.97. The maximum Gasteiger partial charge on any atom is 0.191 e. The van der Waals surface area contributed by atoms with Crippen molar-refractivity contribution < 1.29 is 13.2 Å². The van der Waals surface area contributed by atoms with Crippen LogP contribution in [0.4, 0.5) is 0 Å². The van der Waals surface area contributed by atoms with Crippen molar-refractivity contribution in [3.63, 3.8) is 0 Å². The summed E-state index contributed by atoms with van der Waals surface area (Å²) in [5, 5.41) is 6.49. The molecule has 0 heterocycles. The number of hydrogen-bond acceptors (Lipinski definition) is 4. The maximum absolute atomic E-state index is 11.5.